The number of aryl methyl sites for hydroxylation is 1. The van der Waals surface area contributed by atoms with E-state index in [9.17, 15) is 0 Å². The average Bonchev–Trinajstić information content (AvgIpc) is 2.38. The standard InChI is InChI=1S/C14H14Br2N2O/c1-9-5-11(3-4-14(9)19-2)17-8-13-12(16)6-10(15)7-18-13/h3-7,17H,8H2,1-2H3. The van der Waals surface area contributed by atoms with Gasteiger partial charge in [0.25, 0.3) is 0 Å². The van der Waals surface area contributed by atoms with E-state index in [4.69, 9.17) is 4.74 Å². The van der Waals surface area contributed by atoms with Crippen molar-refractivity contribution in [2.75, 3.05) is 12.4 Å². The second-order valence-electron chi connectivity index (χ2n) is 4.12. The third-order valence-corrected chi connectivity index (χ3v) is 3.86. The van der Waals surface area contributed by atoms with Gasteiger partial charge in [-0.2, -0.15) is 0 Å². The summed E-state index contributed by atoms with van der Waals surface area (Å²) in [6.45, 7) is 2.69. The van der Waals surface area contributed by atoms with E-state index in [0.29, 0.717) is 6.54 Å². The summed E-state index contributed by atoms with van der Waals surface area (Å²) in [6.07, 6.45) is 1.79. The molecule has 5 heteroatoms. The van der Waals surface area contributed by atoms with E-state index in [-0.39, 0.29) is 0 Å². The summed E-state index contributed by atoms with van der Waals surface area (Å²) in [5.41, 5.74) is 3.13. The van der Waals surface area contributed by atoms with Crippen LogP contribution in [0.5, 0.6) is 5.75 Å². The van der Waals surface area contributed by atoms with Gasteiger partial charge < -0.3 is 10.1 Å². The van der Waals surface area contributed by atoms with Crippen molar-refractivity contribution in [2.24, 2.45) is 0 Å². The average molecular weight is 386 g/mol. The first-order valence-electron chi connectivity index (χ1n) is 5.78. The van der Waals surface area contributed by atoms with Gasteiger partial charge in [0.15, 0.2) is 0 Å². The molecule has 19 heavy (non-hydrogen) atoms. The maximum absolute atomic E-state index is 5.24. The lowest BCUT2D eigenvalue weighted by atomic mass is 10.2. The number of halogens is 2. The predicted molar refractivity (Wildman–Crippen MR) is 84.7 cm³/mol. The lowest BCUT2D eigenvalue weighted by Gasteiger charge is -2.10. The minimum Gasteiger partial charge on any atom is -0.496 e. The zero-order valence-electron chi connectivity index (χ0n) is 10.7. The number of nitrogens with zero attached hydrogens (tertiary/aromatic N) is 1. The minimum atomic E-state index is 0.666. The zero-order valence-corrected chi connectivity index (χ0v) is 13.9. The second-order valence-corrected chi connectivity index (χ2v) is 5.89. The Balaban J connectivity index is 2.08. The maximum atomic E-state index is 5.24. The summed E-state index contributed by atoms with van der Waals surface area (Å²) in [5.74, 6) is 0.897. The maximum Gasteiger partial charge on any atom is 0.121 e. The molecular formula is C14H14Br2N2O. The molecule has 0 bridgehead atoms. The quantitative estimate of drug-likeness (QED) is 0.839. The van der Waals surface area contributed by atoms with Crippen molar-refractivity contribution in [3.05, 3.63) is 50.7 Å². The van der Waals surface area contributed by atoms with Crippen LogP contribution in [-0.2, 0) is 6.54 Å². The van der Waals surface area contributed by atoms with Gasteiger partial charge in [0.2, 0.25) is 0 Å². The molecule has 1 aromatic heterocycles. The fourth-order valence-electron chi connectivity index (χ4n) is 1.75. The highest BCUT2D eigenvalue weighted by atomic mass is 79.9. The van der Waals surface area contributed by atoms with Crippen LogP contribution in [0.25, 0.3) is 0 Å². The third-order valence-electron chi connectivity index (χ3n) is 2.74. The first-order chi connectivity index (χ1) is 9.10. The Labute approximate surface area is 129 Å². The highest BCUT2D eigenvalue weighted by Crippen LogP contribution is 2.23. The van der Waals surface area contributed by atoms with Crippen molar-refractivity contribution in [3.63, 3.8) is 0 Å². The van der Waals surface area contributed by atoms with Gasteiger partial charge in [-0.1, -0.05) is 0 Å². The van der Waals surface area contributed by atoms with Gasteiger partial charge in [0.05, 0.1) is 19.3 Å². The van der Waals surface area contributed by atoms with Crippen molar-refractivity contribution in [1.29, 1.82) is 0 Å². The summed E-state index contributed by atoms with van der Waals surface area (Å²) in [5, 5.41) is 3.35. The van der Waals surface area contributed by atoms with Crippen LogP contribution in [0.4, 0.5) is 5.69 Å². The molecule has 1 heterocycles. The Kier molecular flexibility index (Phi) is 4.82. The smallest absolute Gasteiger partial charge is 0.121 e. The van der Waals surface area contributed by atoms with Gasteiger partial charge in [-0.25, -0.2) is 0 Å². The molecule has 1 N–H and O–H groups in total. The van der Waals surface area contributed by atoms with E-state index in [1.165, 1.54) is 0 Å². The molecule has 0 saturated carbocycles. The molecule has 2 rings (SSSR count). The molecule has 0 atom stereocenters. The van der Waals surface area contributed by atoms with E-state index >= 15 is 0 Å². The van der Waals surface area contributed by atoms with Crippen LogP contribution < -0.4 is 10.1 Å². The number of nitrogens with one attached hydrogen (secondary N) is 1. The molecule has 0 radical (unpaired) electrons. The van der Waals surface area contributed by atoms with Crippen LogP contribution in [0.2, 0.25) is 0 Å². The summed E-state index contributed by atoms with van der Waals surface area (Å²) in [4.78, 5) is 4.37. The van der Waals surface area contributed by atoms with Crippen molar-refractivity contribution in [1.82, 2.24) is 4.98 Å². The topological polar surface area (TPSA) is 34.1 Å². The monoisotopic (exact) mass is 384 g/mol. The van der Waals surface area contributed by atoms with Gasteiger partial charge in [0, 0.05) is 20.8 Å². The molecule has 0 unspecified atom stereocenters. The Morgan fingerprint density at radius 1 is 1.26 bits per heavy atom. The summed E-state index contributed by atoms with van der Waals surface area (Å²) in [6, 6.07) is 8.01. The molecule has 0 fully saturated rings. The van der Waals surface area contributed by atoms with Gasteiger partial charge in [-0.3, -0.25) is 4.98 Å². The van der Waals surface area contributed by atoms with E-state index in [1.807, 2.05) is 25.1 Å². The normalized spacial score (nSPS) is 10.3. The van der Waals surface area contributed by atoms with E-state index < -0.39 is 0 Å². The number of aromatic nitrogens is 1. The third kappa shape index (κ3) is 3.70. The van der Waals surface area contributed by atoms with Crippen LogP contribution >= 0.6 is 31.9 Å². The predicted octanol–water partition coefficient (Wildman–Crippen LogP) is 4.54. The fourth-order valence-corrected chi connectivity index (χ4v) is 2.87. The van der Waals surface area contributed by atoms with E-state index in [2.05, 4.69) is 48.2 Å². The Hall–Kier alpha value is -1.07. The van der Waals surface area contributed by atoms with Crippen LogP contribution in [-0.4, -0.2) is 12.1 Å². The van der Waals surface area contributed by atoms with Gasteiger partial charge in [0.1, 0.15) is 5.75 Å². The van der Waals surface area contributed by atoms with E-state index in [1.54, 1.807) is 13.3 Å². The minimum absolute atomic E-state index is 0.666. The first kappa shape index (κ1) is 14.3. The zero-order chi connectivity index (χ0) is 13.8. The molecule has 0 aliphatic rings. The van der Waals surface area contributed by atoms with Gasteiger partial charge in [-0.05, 0) is 68.6 Å². The van der Waals surface area contributed by atoms with E-state index in [0.717, 1.165) is 31.6 Å². The number of rotatable bonds is 4. The lowest BCUT2D eigenvalue weighted by molar-refractivity contribution is 0.412. The number of methoxy groups -OCH3 is 1. The van der Waals surface area contributed by atoms with Gasteiger partial charge >= 0.3 is 0 Å². The number of anilines is 1. The van der Waals surface area contributed by atoms with Gasteiger partial charge in [-0.15, -0.1) is 0 Å². The summed E-state index contributed by atoms with van der Waals surface area (Å²) < 4.78 is 7.19. The second kappa shape index (κ2) is 6.39. The summed E-state index contributed by atoms with van der Waals surface area (Å²) >= 11 is 6.90. The number of ether oxygens (including phenoxy) is 1. The fraction of sp³-hybridized carbons (Fsp3) is 0.214. The van der Waals surface area contributed by atoms with Crippen LogP contribution in [0.3, 0.4) is 0 Å². The highest BCUT2D eigenvalue weighted by molar-refractivity contribution is 9.11. The Morgan fingerprint density at radius 2 is 2.05 bits per heavy atom. The van der Waals surface area contributed by atoms with Crippen molar-refractivity contribution in [2.45, 2.75) is 13.5 Å². The van der Waals surface area contributed by atoms with Crippen LogP contribution in [0, 0.1) is 6.92 Å². The van der Waals surface area contributed by atoms with Crippen LogP contribution in [0.15, 0.2) is 39.4 Å². The molecule has 3 nitrogen and oxygen atoms in total. The highest BCUT2D eigenvalue weighted by Gasteiger charge is 2.04. The molecule has 0 saturated heterocycles. The first-order valence-corrected chi connectivity index (χ1v) is 7.37. The Bertz CT molecular complexity index is 588. The number of benzene rings is 1. The lowest BCUT2D eigenvalue weighted by Crippen LogP contribution is -2.03. The molecule has 1 aromatic carbocycles. The molecule has 0 aliphatic heterocycles. The number of hydrogen-bond acceptors (Lipinski definition) is 3. The summed E-state index contributed by atoms with van der Waals surface area (Å²) in [7, 11) is 1.68. The van der Waals surface area contributed by atoms with Crippen molar-refractivity contribution >= 4 is 37.5 Å². The number of hydrogen-bond donors (Lipinski definition) is 1. The van der Waals surface area contributed by atoms with Crippen LogP contribution in [0.1, 0.15) is 11.3 Å². The van der Waals surface area contributed by atoms with Crippen molar-refractivity contribution < 1.29 is 4.74 Å². The molecule has 0 spiro atoms. The molecule has 0 aliphatic carbocycles. The molecular weight excluding hydrogens is 372 g/mol. The Morgan fingerprint density at radius 3 is 2.68 bits per heavy atom. The molecule has 2 aromatic rings. The van der Waals surface area contributed by atoms with Crippen molar-refractivity contribution in [3.8, 4) is 5.75 Å². The number of pyridine rings is 1. The molecule has 100 valence electrons. The molecule has 0 amide bonds. The largest absolute Gasteiger partial charge is 0.496 e. The SMILES string of the molecule is COc1ccc(NCc2ncc(Br)cc2Br)cc1C.